The Morgan fingerprint density at radius 1 is 1.37 bits per heavy atom. The Kier molecular flexibility index (Phi) is 5.11. The molecule has 0 aliphatic rings. The molecule has 0 fully saturated rings. The number of hydrogen-bond donors (Lipinski definition) is 1. The summed E-state index contributed by atoms with van der Waals surface area (Å²) in [6, 6.07) is 8.00. The van der Waals surface area contributed by atoms with Crippen LogP contribution in [0.25, 0.3) is 0 Å². The molecule has 19 heavy (non-hydrogen) atoms. The molecule has 1 heterocycles. The van der Waals surface area contributed by atoms with E-state index in [4.69, 9.17) is 9.47 Å². The van der Waals surface area contributed by atoms with Gasteiger partial charge in [0.15, 0.2) is 5.82 Å². The number of ether oxygens (including phenoxy) is 2. The molecule has 2 rings (SSSR count). The Hall–Kier alpha value is -1.66. The Morgan fingerprint density at radius 2 is 2.26 bits per heavy atom. The maximum atomic E-state index is 5.63. The Labute approximate surface area is 116 Å². The van der Waals surface area contributed by atoms with Crippen LogP contribution in [0.3, 0.4) is 0 Å². The second-order valence-electron chi connectivity index (χ2n) is 4.04. The van der Waals surface area contributed by atoms with Gasteiger partial charge in [0.1, 0.15) is 19.0 Å². The average molecular weight is 279 g/mol. The van der Waals surface area contributed by atoms with Crippen LogP contribution in [0.4, 0.5) is 5.13 Å². The zero-order valence-electron chi connectivity index (χ0n) is 11.0. The lowest BCUT2D eigenvalue weighted by Gasteiger charge is -2.06. The predicted molar refractivity (Wildman–Crippen MR) is 75.8 cm³/mol. The fourth-order valence-corrected chi connectivity index (χ4v) is 2.14. The summed E-state index contributed by atoms with van der Waals surface area (Å²) < 4.78 is 14.8. The van der Waals surface area contributed by atoms with E-state index in [1.54, 1.807) is 7.11 Å². The van der Waals surface area contributed by atoms with E-state index in [0.717, 1.165) is 10.9 Å². The van der Waals surface area contributed by atoms with Crippen LogP contribution in [0.15, 0.2) is 24.3 Å². The number of aryl methyl sites for hydroxylation is 1. The molecule has 1 aromatic heterocycles. The molecule has 0 unspecified atom stereocenters. The van der Waals surface area contributed by atoms with Crippen LogP contribution in [0.2, 0.25) is 0 Å². The maximum Gasteiger partial charge on any atom is 0.202 e. The number of rotatable bonds is 7. The van der Waals surface area contributed by atoms with Gasteiger partial charge in [-0.25, -0.2) is 4.98 Å². The average Bonchev–Trinajstić information content (AvgIpc) is 2.83. The highest BCUT2D eigenvalue weighted by Crippen LogP contribution is 2.13. The van der Waals surface area contributed by atoms with Gasteiger partial charge in [0.05, 0.1) is 6.54 Å². The summed E-state index contributed by atoms with van der Waals surface area (Å²) in [6.45, 7) is 3.76. The smallest absolute Gasteiger partial charge is 0.202 e. The number of aromatic nitrogens is 2. The topological polar surface area (TPSA) is 56.3 Å². The normalized spacial score (nSPS) is 10.4. The summed E-state index contributed by atoms with van der Waals surface area (Å²) in [5, 5.41) is 3.96. The zero-order valence-corrected chi connectivity index (χ0v) is 11.9. The first-order chi connectivity index (χ1) is 9.28. The molecule has 0 bridgehead atoms. The van der Waals surface area contributed by atoms with Crippen LogP contribution in [-0.2, 0) is 11.3 Å². The van der Waals surface area contributed by atoms with Gasteiger partial charge in [0.25, 0.3) is 0 Å². The molecule has 1 aromatic carbocycles. The molecule has 6 heteroatoms. The molecule has 0 spiro atoms. The third-order valence-corrected chi connectivity index (χ3v) is 3.09. The summed E-state index contributed by atoms with van der Waals surface area (Å²) in [7, 11) is 1.63. The van der Waals surface area contributed by atoms with Crippen molar-refractivity contribution in [1.29, 1.82) is 0 Å². The van der Waals surface area contributed by atoms with E-state index in [9.17, 15) is 0 Å². The molecule has 0 aliphatic heterocycles. The third kappa shape index (κ3) is 4.50. The van der Waals surface area contributed by atoms with Gasteiger partial charge < -0.3 is 14.8 Å². The van der Waals surface area contributed by atoms with Crippen LogP contribution in [0.1, 0.15) is 11.4 Å². The highest BCUT2D eigenvalue weighted by Gasteiger charge is 2.02. The monoisotopic (exact) mass is 279 g/mol. The minimum Gasteiger partial charge on any atom is -0.492 e. The van der Waals surface area contributed by atoms with Gasteiger partial charge in [-0.2, -0.15) is 4.37 Å². The molecule has 1 N–H and O–H groups in total. The third-order valence-electron chi connectivity index (χ3n) is 2.38. The first-order valence-electron chi connectivity index (χ1n) is 6.03. The predicted octanol–water partition coefficient (Wildman–Crippen LogP) is 2.48. The van der Waals surface area contributed by atoms with Crippen molar-refractivity contribution in [3.63, 3.8) is 0 Å². The van der Waals surface area contributed by atoms with Crippen molar-refractivity contribution in [3.8, 4) is 5.75 Å². The zero-order chi connectivity index (χ0) is 13.5. The van der Waals surface area contributed by atoms with Gasteiger partial charge in [-0.1, -0.05) is 12.1 Å². The lowest BCUT2D eigenvalue weighted by atomic mass is 10.2. The first kappa shape index (κ1) is 13.8. The van der Waals surface area contributed by atoms with Gasteiger partial charge >= 0.3 is 0 Å². The van der Waals surface area contributed by atoms with Crippen molar-refractivity contribution in [3.05, 3.63) is 35.7 Å². The van der Waals surface area contributed by atoms with Crippen LogP contribution >= 0.6 is 11.5 Å². The Balaban J connectivity index is 1.71. The lowest BCUT2D eigenvalue weighted by Crippen LogP contribution is -2.11. The van der Waals surface area contributed by atoms with Gasteiger partial charge in [-0.3, -0.25) is 0 Å². The van der Waals surface area contributed by atoms with E-state index in [1.807, 2.05) is 31.2 Å². The van der Waals surface area contributed by atoms with Crippen molar-refractivity contribution in [2.75, 3.05) is 25.6 Å². The highest BCUT2D eigenvalue weighted by molar-refractivity contribution is 7.09. The SMILES string of the molecule is COCc1nsc(NCCOc2cccc(C)c2)n1. The summed E-state index contributed by atoms with van der Waals surface area (Å²) in [5.41, 5.74) is 1.19. The van der Waals surface area contributed by atoms with E-state index in [2.05, 4.69) is 14.7 Å². The molecule has 5 nitrogen and oxygen atoms in total. The fraction of sp³-hybridized carbons (Fsp3) is 0.385. The molecular weight excluding hydrogens is 262 g/mol. The molecular formula is C13H17N3O2S. The Bertz CT molecular complexity index is 516. The van der Waals surface area contributed by atoms with Crippen molar-refractivity contribution in [1.82, 2.24) is 9.36 Å². The minimum atomic E-state index is 0.442. The highest BCUT2D eigenvalue weighted by atomic mass is 32.1. The summed E-state index contributed by atoms with van der Waals surface area (Å²) >= 11 is 1.33. The van der Waals surface area contributed by atoms with E-state index in [0.29, 0.717) is 25.6 Å². The van der Waals surface area contributed by atoms with E-state index >= 15 is 0 Å². The number of nitrogens with zero attached hydrogens (tertiary/aromatic N) is 2. The number of benzene rings is 1. The standard InChI is InChI=1S/C13H17N3O2S/c1-10-4-3-5-11(8-10)18-7-6-14-13-15-12(9-17-2)16-19-13/h3-5,8H,6-7,9H2,1-2H3,(H,14,15,16). The van der Waals surface area contributed by atoms with Gasteiger partial charge in [-0.05, 0) is 24.6 Å². The molecule has 0 atom stereocenters. The largest absolute Gasteiger partial charge is 0.492 e. The number of anilines is 1. The van der Waals surface area contributed by atoms with Crippen LogP contribution in [-0.4, -0.2) is 29.6 Å². The van der Waals surface area contributed by atoms with Crippen molar-refractivity contribution >= 4 is 16.7 Å². The Morgan fingerprint density at radius 3 is 3.05 bits per heavy atom. The van der Waals surface area contributed by atoms with Crippen molar-refractivity contribution in [2.45, 2.75) is 13.5 Å². The molecule has 0 saturated heterocycles. The molecule has 0 radical (unpaired) electrons. The lowest BCUT2D eigenvalue weighted by molar-refractivity contribution is 0.179. The summed E-state index contributed by atoms with van der Waals surface area (Å²) in [4.78, 5) is 4.27. The van der Waals surface area contributed by atoms with Gasteiger partial charge in [0, 0.05) is 18.6 Å². The van der Waals surface area contributed by atoms with Crippen LogP contribution < -0.4 is 10.1 Å². The molecule has 102 valence electrons. The quantitative estimate of drug-likeness (QED) is 0.789. The van der Waals surface area contributed by atoms with Crippen LogP contribution in [0.5, 0.6) is 5.75 Å². The van der Waals surface area contributed by atoms with Crippen molar-refractivity contribution in [2.24, 2.45) is 0 Å². The minimum absolute atomic E-state index is 0.442. The van der Waals surface area contributed by atoms with Gasteiger partial charge in [-0.15, -0.1) is 0 Å². The second-order valence-corrected chi connectivity index (χ2v) is 4.79. The second kappa shape index (κ2) is 7.06. The summed E-state index contributed by atoms with van der Waals surface area (Å²) in [5.74, 6) is 1.59. The van der Waals surface area contributed by atoms with Crippen molar-refractivity contribution < 1.29 is 9.47 Å². The molecule has 2 aromatic rings. The van der Waals surface area contributed by atoms with Crippen LogP contribution in [0, 0.1) is 6.92 Å². The maximum absolute atomic E-state index is 5.63. The molecule has 0 aliphatic carbocycles. The fourth-order valence-electron chi connectivity index (χ4n) is 1.55. The number of nitrogens with one attached hydrogen (secondary N) is 1. The number of hydrogen-bond acceptors (Lipinski definition) is 6. The molecule has 0 saturated carbocycles. The molecule has 0 amide bonds. The van der Waals surface area contributed by atoms with E-state index in [1.165, 1.54) is 17.1 Å². The van der Waals surface area contributed by atoms with E-state index < -0.39 is 0 Å². The van der Waals surface area contributed by atoms with Gasteiger partial charge in [0.2, 0.25) is 5.13 Å². The first-order valence-corrected chi connectivity index (χ1v) is 6.80. The number of methoxy groups -OCH3 is 1. The van der Waals surface area contributed by atoms with E-state index in [-0.39, 0.29) is 0 Å². The summed E-state index contributed by atoms with van der Waals surface area (Å²) in [6.07, 6.45) is 0.